The van der Waals surface area contributed by atoms with E-state index >= 15 is 0 Å². The van der Waals surface area contributed by atoms with E-state index in [9.17, 15) is 10.1 Å². The number of benzene rings is 2. The van der Waals surface area contributed by atoms with Crippen LogP contribution in [0.2, 0.25) is 0 Å². The lowest BCUT2D eigenvalue weighted by atomic mass is 10.2. The third-order valence-corrected chi connectivity index (χ3v) is 3.79. The summed E-state index contributed by atoms with van der Waals surface area (Å²) in [5, 5.41) is 10.7. The van der Waals surface area contributed by atoms with E-state index in [-0.39, 0.29) is 11.8 Å². The molecule has 0 aliphatic rings. The summed E-state index contributed by atoms with van der Waals surface area (Å²) in [6, 6.07) is 15.9. The van der Waals surface area contributed by atoms with Crippen LogP contribution >= 0.6 is 0 Å². The van der Waals surface area contributed by atoms with Crippen molar-refractivity contribution in [2.24, 2.45) is 0 Å². The molecule has 0 fully saturated rings. The minimum Gasteiger partial charge on any atom is -0.491 e. The zero-order valence-corrected chi connectivity index (χ0v) is 14.1. The van der Waals surface area contributed by atoms with E-state index in [2.05, 4.69) is 4.98 Å². The fourth-order valence-corrected chi connectivity index (χ4v) is 2.42. The van der Waals surface area contributed by atoms with Crippen molar-refractivity contribution in [2.75, 3.05) is 6.61 Å². The quantitative estimate of drug-likeness (QED) is 0.435. The molecule has 0 N–H and O–H groups in total. The fraction of sp³-hybridized carbons (Fsp3) is 0.211. The molecule has 0 spiro atoms. The van der Waals surface area contributed by atoms with Gasteiger partial charge in [-0.05, 0) is 29.8 Å². The standard InChI is InChI=1S/C19H19N3O4/c23-22(24)17-8-6-16(7-9-17)13-25-19(12-21-11-10-20-15-21)14-26-18-4-2-1-3-5-18/h1-11,15,19H,12-14H2. The molecule has 2 aromatic carbocycles. The summed E-state index contributed by atoms with van der Waals surface area (Å²) < 4.78 is 13.7. The van der Waals surface area contributed by atoms with Gasteiger partial charge in [-0.3, -0.25) is 10.1 Å². The van der Waals surface area contributed by atoms with Crippen molar-refractivity contribution >= 4 is 5.69 Å². The maximum absolute atomic E-state index is 10.7. The zero-order chi connectivity index (χ0) is 18.2. The Morgan fingerprint density at radius 1 is 1.12 bits per heavy atom. The van der Waals surface area contributed by atoms with E-state index in [4.69, 9.17) is 9.47 Å². The summed E-state index contributed by atoms with van der Waals surface area (Å²) >= 11 is 0. The number of para-hydroxylation sites is 1. The number of aromatic nitrogens is 2. The first kappa shape index (κ1) is 17.6. The minimum atomic E-state index is -0.416. The van der Waals surface area contributed by atoms with Crippen LogP contribution in [-0.4, -0.2) is 27.2 Å². The van der Waals surface area contributed by atoms with E-state index in [0.717, 1.165) is 11.3 Å². The smallest absolute Gasteiger partial charge is 0.269 e. The van der Waals surface area contributed by atoms with Crippen molar-refractivity contribution in [3.05, 3.63) is 89.0 Å². The molecular weight excluding hydrogens is 334 g/mol. The molecule has 0 saturated carbocycles. The number of nitro groups is 1. The van der Waals surface area contributed by atoms with Gasteiger partial charge in [0.25, 0.3) is 5.69 Å². The maximum Gasteiger partial charge on any atom is 0.269 e. The van der Waals surface area contributed by atoms with Crippen LogP contribution in [0, 0.1) is 10.1 Å². The van der Waals surface area contributed by atoms with Crippen LogP contribution in [0.4, 0.5) is 5.69 Å². The number of imidazole rings is 1. The van der Waals surface area contributed by atoms with Crippen molar-refractivity contribution in [3.63, 3.8) is 0 Å². The average Bonchev–Trinajstić information content (AvgIpc) is 3.18. The van der Waals surface area contributed by atoms with E-state index in [0.29, 0.717) is 19.8 Å². The Bertz CT molecular complexity index is 805. The van der Waals surface area contributed by atoms with E-state index < -0.39 is 4.92 Å². The van der Waals surface area contributed by atoms with Gasteiger partial charge in [0.15, 0.2) is 0 Å². The summed E-state index contributed by atoms with van der Waals surface area (Å²) in [5.74, 6) is 0.780. The number of rotatable bonds is 9. The average molecular weight is 353 g/mol. The van der Waals surface area contributed by atoms with Gasteiger partial charge in [-0.15, -0.1) is 0 Å². The van der Waals surface area contributed by atoms with E-state index in [1.807, 2.05) is 41.1 Å². The first-order chi connectivity index (χ1) is 12.7. The topological polar surface area (TPSA) is 79.4 Å². The molecule has 0 aliphatic heterocycles. The zero-order valence-electron chi connectivity index (χ0n) is 14.1. The Morgan fingerprint density at radius 2 is 1.88 bits per heavy atom. The molecule has 0 radical (unpaired) electrons. The number of ether oxygens (including phenoxy) is 2. The molecule has 0 saturated heterocycles. The van der Waals surface area contributed by atoms with Crippen LogP contribution in [0.15, 0.2) is 73.3 Å². The molecule has 1 heterocycles. The van der Waals surface area contributed by atoms with Gasteiger partial charge < -0.3 is 14.0 Å². The highest BCUT2D eigenvalue weighted by Gasteiger charge is 2.13. The van der Waals surface area contributed by atoms with Crippen molar-refractivity contribution < 1.29 is 14.4 Å². The van der Waals surface area contributed by atoms with Crippen LogP contribution in [-0.2, 0) is 17.9 Å². The Morgan fingerprint density at radius 3 is 2.54 bits per heavy atom. The second-order valence-electron chi connectivity index (χ2n) is 5.74. The van der Waals surface area contributed by atoms with Gasteiger partial charge in [-0.25, -0.2) is 4.98 Å². The number of nitro benzene ring substituents is 1. The second-order valence-corrected chi connectivity index (χ2v) is 5.74. The predicted molar refractivity (Wildman–Crippen MR) is 95.8 cm³/mol. The largest absolute Gasteiger partial charge is 0.491 e. The van der Waals surface area contributed by atoms with Crippen LogP contribution in [0.3, 0.4) is 0 Å². The third kappa shape index (κ3) is 5.15. The fourth-order valence-electron chi connectivity index (χ4n) is 2.42. The molecule has 7 nitrogen and oxygen atoms in total. The van der Waals surface area contributed by atoms with Gasteiger partial charge >= 0.3 is 0 Å². The SMILES string of the molecule is O=[N+]([O-])c1ccc(COC(COc2ccccc2)Cn2ccnc2)cc1. The molecular formula is C19H19N3O4. The number of nitrogens with zero attached hydrogens (tertiary/aromatic N) is 3. The molecule has 1 atom stereocenters. The Hall–Kier alpha value is -3.19. The normalized spacial score (nSPS) is 11.8. The van der Waals surface area contributed by atoms with Gasteiger partial charge in [0.05, 0.1) is 24.4 Å². The number of hydrogen-bond donors (Lipinski definition) is 0. The Labute approximate surface area is 151 Å². The van der Waals surface area contributed by atoms with E-state index in [1.54, 1.807) is 24.7 Å². The Balaban J connectivity index is 1.60. The van der Waals surface area contributed by atoms with Gasteiger partial charge in [-0.2, -0.15) is 0 Å². The highest BCUT2D eigenvalue weighted by molar-refractivity contribution is 5.32. The summed E-state index contributed by atoms with van der Waals surface area (Å²) in [6.45, 7) is 1.32. The van der Waals surface area contributed by atoms with Crippen molar-refractivity contribution in [2.45, 2.75) is 19.3 Å². The lowest BCUT2D eigenvalue weighted by Gasteiger charge is -2.19. The van der Waals surface area contributed by atoms with Crippen LogP contribution < -0.4 is 4.74 Å². The first-order valence-electron chi connectivity index (χ1n) is 8.19. The van der Waals surface area contributed by atoms with Crippen LogP contribution in [0.1, 0.15) is 5.56 Å². The molecule has 1 aromatic heterocycles. The lowest BCUT2D eigenvalue weighted by molar-refractivity contribution is -0.384. The molecule has 1 unspecified atom stereocenters. The van der Waals surface area contributed by atoms with Crippen LogP contribution in [0.25, 0.3) is 0 Å². The highest BCUT2D eigenvalue weighted by Crippen LogP contribution is 2.14. The minimum absolute atomic E-state index is 0.0659. The summed E-state index contributed by atoms with van der Waals surface area (Å²) in [5.41, 5.74) is 0.932. The molecule has 0 amide bonds. The molecule has 0 aliphatic carbocycles. The van der Waals surface area contributed by atoms with E-state index in [1.165, 1.54) is 12.1 Å². The monoisotopic (exact) mass is 353 g/mol. The highest BCUT2D eigenvalue weighted by atomic mass is 16.6. The van der Waals surface area contributed by atoms with Gasteiger partial charge in [0, 0.05) is 24.5 Å². The lowest BCUT2D eigenvalue weighted by Crippen LogP contribution is -2.26. The van der Waals surface area contributed by atoms with Gasteiger partial charge in [0.2, 0.25) is 0 Å². The number of non-ortho nitro benzene ring substituents is 1. The van der Waals surface area contributed by atoms with Crippen LogP contribution in [0.5, 0.6) is 5.75 Å². The second kappa shape index (κ2) is 8.77. The molecule has 26 heavy (non-hydrogen) atoms. The predicted octanol–water partition coefficient (Wildman–Crippen LogP) is 3.46. The first-order valence-corrected chi connectivity index (χ1v) is 8.19. The van der Waals surface area contributed by atoms with Crippen molar-refractivity contribution in [3.8, 4) is 5.75 Å². The molecule has 3 rings (SSSR count). The molecule has 3 aromatic rings. The van der Waals surface area contributed by atoms with Crippen molar-refractivity contribution in [1.82, 2.24) is 9.55 Å². The van der Waals surface area contributed by atoms with Crippen molar-refractivity contribution in [1.29, 1.82) is 0 Å². The summed E-state index contributed by atoms with van der Waals surface area (Å²) in [7, 11) is 0. The maximum atomic E-state index is 10.7. The molecule has 134 valence electrons. The van der Waals surface area contributed by atoms with Gasteiger partial charge in [-0.1, -0.05) is 18.2 Å². The molecule has 7 heteroatoms. The molecule has 0 bridgehead atoms. The number of hydrogen-bond acceptors (Lipinski definition) is 5. The van der Waals surface area contributed by atoms with Gasteiger partial charge in [0.1, 0.15) is 18.5 Å². The summed E-state index contributed by atoms with van der Waals surface area (Å²) in [6.07, 6.45) is 5.11. The third-order valence-electron chi connectivity index (χ3n) is 3.79. The Kier molecular flexibility index (Phi) is 5.95. The summed E-state index contributed by atoms with van der Waals surface area (Å²) in [4.78, 5) is 14.3.